The third kappa shape index (κ3) is 8.60. The number of benzene rings is 1. The lowest BCUT2D eigenvalue weighted by atomic mass is 10.1. The number of nitrogens with one attached hydrogen (secondary N) is 1. The van der Waals surface area contributed by atoms with E-state index in [9.17, 15) is 13.2 Å². The van der Waals surface area contributed by atoms with Crippen molar-refractivity contribution in [1.29, 1.82) is 0 Å². The highest BCUT2D eigenvalue weighted by Crippen LogP contribution is 2.21. The minimum Gasteiger partial charge on any atom is -0.494 e. The SMILES string of the molecule is CCNC(C)CCc1ccc(OCCCC(F)(F)F)cc1. The first kappa shape index (κ1) is 17.8. The van der Waals surface area contributed by atoms with Gasteiger partial charge in [0.25, 0.3) is 0 Å². The molecule has 0 aliphatic rings. The minimum atomic E-state index is -4.10. The Morgan fingerprint density at radius 1 is 1.19 bits per heavy atom. The molecule has 1 aromatic rings. The lowest BCUT2D eigenvalue weighted by molar-refractivity contribution is -0.136. The highest BCUT2D eigenvalue weighted by atomic mass is 19.4. The summed E-state index contributed by atoms with van der Waals surface area (Å²) in [5.41, 5.74) is 1.21. The number of rotatable bonds is 9. The van der Waals surface area contributed by atoms with Gasteiger partial charge in [0.1, 0.15) is 5.75 Å². The van der Waals surface area contributed by atoms with Crippen molar-refractivity contribution in [2.75, 3.05) is 13.2 Å². The van der Waals surface area contributed by atoms with Gasteiger partial charge >= 0.3 is 6.18 Å². The zero-order valence-corrected chi connectivity index (χ0v) is 12.7. The third-order valence-corrected chi connectivity index (χ3v) is 3.22. The van der Waals surface area contributed by atoms with E-state index in [1.807, 2.05) is 24.3 Å². The van der Waals surface area contributed by atoms with E-state index in [4.69, 9.17) is 4.74 Å². The molecular formula is C16H24F3NO. The first-order chi connectivity index (χ1) is 9.90. The monoisotopic (exact) mass is 303 g/mol. The van der Waals surface area contributed by atoms with Gasteiger partial charge in [-0.1, -0.05) is 19.1 Å². The Hall–Kier alpha value is -1.23. The molecule has 0 heterocycles. The summed E-state index contributed by atoms with van der Waals surface area (Å²) in [6.07, 6.45) is -2.88. The predicted octanol–water partition coefficient (Wildman–Crippen LogP) is 4.34. The van der Waals surface area contributed by atoms with Crippen LogP contribution in [0.2, 0.25) is 0 Å². The second-order valence-corrected chi connectivity index (χ2v) is 5.21. The molecule has 21 heavy (non-hydrogen) atoms. The molecule has 0 aromatic heterocycles. The number of halogens is 3. The second-order valence-electron chi connectivity index (χ2n) is 5.21. The Labute approximate surface area is 124 Å². The number of aryl methyl sites for hydroxylation is 1. The molecule has 0 saturated heterocycles. The Morgan fingerprint density at radius 3 is 2.43 bits per heavy atom. The second kappa shape index (κ2) is 8.93. The molecular weight excluding hydrogens is 279 g/mol. The van der Waals surface area contributed by atoms with Crippen molar-refractivity contribution in [3.63, 3.8) is 0 Å². The zero-order valence-electron chi connectivity index (χ0n) is 12.7. The molecule has 1 unspecified atom stereocenters. The molecule has 0 saturated carbocycles. The van der Waals surface area contributed by atoms with Crippen LogP contribution in [0.1, 0.15) is 38.7 Å². The molecule has 1 N–H and O–H groups in total. The Morgan fingerprint density at radius 2 is 1.86 bits per heavy atom. The normalized spacial score (nSPS) is 13.2. The summed E-state index contributed by atoms with van der Waals surface area (Å²) in [5, 5.41) is 3.36. The van der Waals surface area contributed by atoms with Gasteiger partial charge in [-0.25, -0.2) is 0 Å². The smallest absolute Gasteiger partial charge is 0.389 e. The quantitative estimate of drug-likeness (QED) is 0.685. The average molecular weight is 303 g/mol. The molecule has 0 fully saturated rings. The number of hydrogen-bond donors (Lipinski definition) is 1. The summed E-state index contributed by atoms with van der Waals surface area (Å²) in [4.78, 5) is 0. The summed E-state index contributed by atoms with van der Waals surface area (Å²) in [6, 6.07) is 8.06. The van der Waals surface area contributed by atoms with E-state index >= 15 is 0 Å². The Balaban J connectivity index is 2.27. The van der Waals surface area contributed by atoms with Crippen molar-refractivity contribution in [3.05, 3.63) is 29.8 Å². The maximum absolute atomic E-state index is 12.0. The van der Waals surface area contributed by atoms with Crippen LogP contribution >= 0.6 is 0 Å². The van der Waals surface area contributed by atoms with Gasteiger partial charge in [0.05, 0.1) is 6.61 Å². The van der Waals surface area contributed by atoms with Crippen LogP contribution in [0.15, 0.2) is 24.3 Å². The fourth-order valence-corrected chi connectivity index (χ4v) is 2.05. The van der Waals surface area contributed by atoms with Gasteiger partial charge in [-0.15, -0.1) is 0 Å². The molecule has 0 spiro atoms. The molecule has 0 aliphatic carbocycles. The van der Waals surface area contributed by atoms with Crippen molar-refractivity contribution < 1.29 is 17.9 Å². The van der Waals surface area contributed by atoms with Crippen molar-refractivity contribution >= 4 is 0 Å². The highest BCUT2D eigenvalue weighted by molar-refractivity contribution is 5.27. The highest BCUT2D eigenvalue weighted by Gasteiger charge is 2.26. The van der Waals surface area contributed by atoms with Crippen molar-refractivity contribution in [2.45, 2.75) is 51.7 Å². The van der Waals surface area contributed by atoms with E-state index in [0.29, 0.717) is 11.8 Å². The van der Waals surface area contributed by atoms with Crippen LogP contribution in [0.25, 0.3) is 0 Å². The van der Waals surface area contributed by atoms with E-state index in [-0.39, 0.29) is 13.0 Å². The van der Waals surface area contributed by atoms with E-state index in [1.165, 1.54) is 5.56 Å². The molecule has 1 aromatic carbocycles. The molecule has 0 radical (unpaired) electrons. The summed E-state index contributed by atoms with van der Waals surface area (Å²) < 4.78 is 41.2. The van der Waals surface area contributed by atoms with Crippen LogP contribution < -0.4 is 10.1 Å². The van der Waals surface area contributed by atoms with E-state index in [0.717, 1.165) is 19.4 Å². The van der Waals surface area contributed by atoms with Crippen LogP contribution in [0.4, 0.5) is 13.2 Å². The maximum atomic E-state index is 12.0. The van der Waals surface area contributed by atoms with Crippen molar-refractivity contribution in [1.82, 2.24) is 5.32 Å². The first-order valence-electron chi connectivity index (χ1n) is 7.42. The Bertz CT molecular complexity index is 390. The van der Waals surface area contributed by atoms with E-state index in [2.05, 4.69) is 19.2 Å². The van der Waals surface area contributed by atoms with Crippen LogP contribution in [0, 0.1) is 0 Å². The molecule has 1 atom stereocenters. The fraction of sp³-hybridized carbons (Fsp3) is 0.625. The van der Waals surface area contributed by atoms with Gasteiger partial charge in [0.15, 0.2) is 0 Å². The van der Waals surface area contributed by atoms with Gasteiger partial charge in [-0.3, -0.25) is 0 Å². The van der Waals surface area contributed by atoms with Crippen LogP contribution in [0.3, 0.4) is 0 Å². The Kier molecular flexibility index (Phi) is 7.57. The molecule has 1 rings (SSSR count). The molecule has 0 aliphatic heterocycles. The average Bonchev–Trinajstić information content (AvgIpc) is 2.42. The molecule has 0 amide bonds. The minimum absolute atomic E-state index is 0.00848. The van der Waals surface area contributed by atoms with Crippen LogP contribution in [0.5, 0.6) is 5.75 Å². The van der Waals surface area contributed by atoms with Crippen LogP contribution in [-0.4, -0.2) is 25.4 Å². The summed E-state index contributed by atoms with van der Waals surface area (Å²) >= 11 is 0. The van der Waals surface area contributed by atoms with Gasteiger partial charge in [-0.05, 0) is 50.4 Å². The van der Waals surface area contributed by atoms with Crippen molar-refractivity contribution in [2.24, 2.45) is 0 Å². The third-order valence-electron chi connectivity index (χ3n) is 3.22. The van der Waals surface area contributed by atoms with Gasteiger partial charge in [0.2, 0.25) is 0 Å². The number of alkyl halides is 3. The van der Waals surface area contributed by atoms with E-state index in [1.54, 1.807) is 0 Å². The van der Waals surface area contributed by atoms with Crippen molar-refractivity contribution in [3.8, 4) is 5.75 Å². The van der Waals surface area contributed by atoms with Gasteiger partial charge in [-0.2, -0.15) is 13.2 Å². The molecule has 2 nitrogen and oxygen atoms in total. The maximum Gasteiger partial charge on any atom is 0.389 e. The molecule has 120 valence electrons. The first-order valence-corrected chi connectivity index (χ1v) is 7.42. The molecule has 0 bridgehead atoms. The lowest BCUT2D eigenvalue weighted by Gasteiger charge is -2.12. The van der Waals surface area contributed by atoms with Gasteiger partial charge in [0, 0.05) is 12.5 Å². The van der Waals surface area contributed by atoms with Gasteiger partial charge < -0.3 is 10.1 Å². The standard InChI is InChI=1S/C16H24F3NO/c1-3-20-13(2)5-6-14-7-9-15(10-8-14)21-12-4-11-16(17,18)19/h7-10,13,20H,3-6,11-12H2,1-2H3. The topological polar surface area (TPSA) is 21.3 Å². The summed E-state index contributed by atoms with van der Waals surface area (Å²) in [5.74, 6) is 0.626. The summed E-state index contributed by atoms with van der Waals surface area (Å²) in [6.45, 7) is 5.30. The number of ether oxygens (including phenoxy) is 1. The largest absolute Gasteiger partial charge is 0.494 e. The van der Waals surface area contributed by atoms with Crippen LogP contribution in [-0.2, 0) is 6.42 Å². The zero-order chi connectivity index (χ0) is 15.7. The predicted molar refractivity (Wildman–Crippen MR) is 78.7 cm³/mol. The molecule has 5 heteroatoms. The van der Waals surface area contributed by atoms with E-state index < -0.39 is 12.6 Å². The summed E-state index contributed by atoms with van der Waals surface area (Å²) in [7, 11) is 0. The fourth-order valence-electron chi connectivity index (χ4n) is 2.05. The lowest BCUT2D eigenvalue weighted by Crippen LogP contribution is -2.25. The number of hydrogen-bond acceptors (Lipinski definition) is 2.